The van der Waals surface area contributed by atoms with Crippen LogP contribution >= 0.6 is 0 Å². The van der Waals surface area contributed by atoms with Gasteiger partial charge < -0.3 is 14.8 Å². The van der Waals surface area contributed by atoms with Crippen LogP contribution in [0.5, 0.6) is 5.75 Å². The molecule has 1 aromatic heterocycles. The molecule has 0 unspecified atom stereocenters. The van der Waals surface area contributed by atoms with Gasteiger partial charge in [0, 0.05) is 10.9 Å². The second-order valence-corrected chi connectivity index (χ2v) is 6.34. The van der Waals surface area contributed by atoms with Crippen molar-refractivity contribution in [3.05, 3.63) is 90.0 Å². The molecule has 28 heavy (non-hydrogen) atoms. The monoisotopic (exact) mass is 371 g/mol. The fourth-order valence-corrected chi connectivity index (χ4v) is 3.17. The van der Waals surface area contributed by atoms with Crippen molar-refractivity contribution in [2.45, 2.75) is 0 Å². The zero-order valence-electron chi connectivity index (χ0n) is 14.9. The highest BCUT2D eigenvalue weighted by atomic mass is 16.5. The summed E-state index contributed by atoms with van der Waals surface area (Å²) in [7, 11) is 0. The Kier molecular flexibility index (Phi) is 4.64. The number of fused-ring (bicyclic) bond motifs is 1. The number of benzene rings is 3. The first-order valence-corrected chi connectivity index (χ1v) is 8.79. The minimum atomic E-state index is -0.662. The number of phenolic OH excluding ortho intramolecular Hbond substituents is 1. The zero-order valence-corrected chi connectivity index (χ0v) is 14.9. The molecule has 0 atom stereocenters. The molecule has 2 N–H and O–H groups in total. The second-order valence-electron chi connectivity index (χ2n) is 6.34. The van der Waals surface area contributed by atoms with Crippen LogP contribution < -0.4 is 0 Å². The molecule has 5 heteroatoms. The quantitative estimate of drug-likeness (QED) is 0.397. The van der Waals surface area contributed by atoms with Crippen molar-refractivity contribution in [2.24, 2.45) is 0 Å². The number of Topliss-reactive ketones (excluding diaryl/α,β-unsaturated/α-hetero) is 1. The van der Waals surface area contributed by atoms with Crippen molar-refractivity contribution in [3.63, 3.8) is 0 Å². The first-order chi connectivity index (χ1) is 13.6. The number of aromatic nitrogens is 1. The average molecular weight is 371 g/mol. The molecule has 0 amide bonds. The lowest BCUT2D eigenvalue weighted by Gasteiger charge is -2.07. The van der Waals surface area contributed by atoms with Gasteiger partial charge in [0.1, 0.15) is 5.75 Å². The number of aromatic amines is 1. The number of aromatic hydroxyl groups is 1. The molecule has 0 spiro atoms. The van der Waals surface area contributed by atoms with E-state index >= 15 is 0 Å². The Morgan fingerprint density at radius 3 is 2.43 bits per heavy atom. The summed E-state index contributed by atoms with van der Waals surface area (Å²) in [5.74, 6) is -1.00. The summed E-state index contributed by atoms with van der Waals surface area (Å²) >= 11 is 0. The van der Waals surface area contributed by atoms with E-state index in [1.165, 1.54) is 18.2 Å². The van der Waals surface area contributed by atoms with E-state index < -0.39 is 12.6 Å². The number of hydrogen-bond donors (Lipinski definition) is 2. The fraction of sp³-hybridized carbons (Fsp3) is 0.0435. The molecule has 0 fully saturated rings. The van der Waals surface area contributed by atoms with Crippen LogP contribution in [0.25, 0.3) is 22.2 Å². The van der Waals surface area contributed by atoms with E-state index in [4.69, 9.17) is 4.74 Å². The van der Waals surface area contributed by atoms with Crippen molar-refractivity contribution in [1.82, 2.24) is 4.98 Å². The summed E-state index contributed by atoms with van der Waals surface area (Å²) in [6.07, 6.45) is 0. The first-order valence-electron chi connectivity index (χ1n) is 8.79. The zero-order chi connectivity index (χ0) is 19.5. The molecule has 5 nitrogen and oxygen atoms in total. The van der Waals surface area contributed by atoms with Crippen molar-refractivity contribution >= 4 is 22.7 Å². The predicted octanol–water partition coefficient (Wildman–Crippen LogP) is 4.58. The van der Waals surface area contributed by atoms with Gasteiger partial charge >= 0.3 is 5.97 Å². The number of para-hydroxylation sites is 1. The van der Waals surface area contributed by atoms with E-state index in [0.29, 0.717) is 11.3 Å². The van der Waals surface area contributed by atoms with Crippen LogP contribution in [-0.2, 0) is 4.74 Å². The van der Waals surface area contributed by atoms with Gasteiger partial charge in [0.25, 0.3) is 0 Å². The molecule has 3 aromatic carbocycles. The Morgan fingerprint density at radius 1 is 0.893 bits per heavy atom. The third-order valence-corrected chi connectivity index (χ3v) is 4.46. The number of ether oxygens (including phenoxy) is 1. The van der Waals surface area contributed by atoms with Crippen LogP contribution in [0.2, 0.25) is 0 Å². The van der Waals surface area contributed by atoms with Gasteiger partial charge in [-0.15, -0.1) is 0 Å². The van der Waals surface area contributed by atoms with E-state index in [-0.39, 0.29) is 17.1 Å². The Labute approximate surface area is 161 Å². The molecule has 4 rings (SSSR count). The van der Waals surface area contributed by atoms with Crippen LogP contribution in [0.4, 0.5) is 0 Å². The van der Waals surface area contributed by atoms with E-state index in [1.807, 2.05) is 54.6 Å². The number of rotatable bonds is 5. The molecule has 0 aliphatic heterocycles. The molecule has 0 bridgehead atoms. The Bertz CT molecular complexity index is 1160. The highest BCUT2D eigenvalue weighted by Crippen LogP contribution is 2.30. The highest BCUT2D eigenvalue weighted by Gasteiger charge is 2.21. The van der Waals surface area contributed by atoms with Gasteiger partial charge in [-0.1, -0.05) is 54.6 Å². The Balaban J connectivity index is 1.64. The third kappa shape index (κ3) is 3.38. The molecule has 4 aromatic rings. The first kappa shape index (κ1) is 17.5. The molecule has 0 aliphatic rings. The second kappa shape index (κ2) is 7.40. The SMILES string of the molecule is O=C(OCC(=O)c1c(-c2ccccc2)[nH]c2ccccc12)c1cccc(O)c1. The number of phenols is 1. The highest BCUT2D eigenvalue weighted by molar-refractivity contribution is 6.14. The lowest BCUT2D eigenvalue weighted by atomic mass is 10.0. The van der Waals surface area contributed by atoms with Gasteiger partial charge in [-0.3, -0.25) is 4.79 Å². The van der Waals surface area contributed by atoms with Gasteiger partial charge in [-0.05, 0) is 29.8 Å². The number of hydrogen-bond acceptors (Lipinski definition) is 4. The van der Waals surface area contributed by atoms with Crippen LogP contribution in [0.1, 0.15) is 20.7 Å². The lowest BCUT2D eigenvalue weighted by molar-refractivity contribution is 0.0475. The summed E-state index contributed by atoms with van der Waals surface area (Å²) in [5, 5.41) is 10.3. The van der Waals surface area contributed by atoms with Gasteiger partial charge in [-0.2, -0.15) is 0 Å². The summed E-state index contributed by atoms with van der Waals surface area (Å²) in [4.78, 5) is 28.5. The molecule has 0 saturated carbocycles. The molecule has 0 radical (unpaired) electrons. The average Bonchev–Trinajstić information content (AvgIpc) is 3.12. The van der Waals surface area contributed by atoms with Crippen molar-refractivity contribution in [2.75, 3.05) is 6.61 Å². The summed E-state index contributed by atoms with van der Waals surface area (Å²) in [6.45, 7) is -0.393. The van der Waals surface area contributed by atoms with Crippen molar-refractivity contribution in [1.29, 1.82) is 0 Å². The van der Waals surface area contributed by atoms with Crippen LogP contribution in [0, 0.1) is 0 Å². The molecule has 0 aliphatic carbocycles. The summed E-state index contributed by atoms with van der Waals surface area (Å²) < 4.78 is 5.19. The standard InChI is InChI=1S/C23H17NO4/c25-17-10-6-9-16(13-17)23(27)28-14-20(26)21-18-11-4-5-12-19(18)24-22(21)15-7-2-1-3-8-15/h1-13,24-25H,14H2. The number of nitrogens with one attached hydrogen (secondary N) is 1. The van der Waals surface area contributed by atoms with Crippen molar-refractivity contribution < 1.29 is 19.4 Å². The normalized spacial score (nSPS) is 10.7. The Hall–Kier alpha value is -3.86. The summed E-state index contributed by atoms with van der Waals surface area (Å²) in [6, 6.07) is 22.9. The maximum atomic E-state index is 13.0. The molecular formula is C23H17NO4. The lowest BCUT2D eigenvalue weighted by Crippen LogP contribution is -2.14. The van der Waals surface area contributed by atoms with Gasteiger partial charge in [0.15, 0.2) is 6.61 Å². The molecule has 138 valence electrons. The van der Waals surface area contributed by atoms with E-state index in [9.17, 15) is 14.7 Å². The fourth-order valence-electron chi connectivity index (χ4n) is 3.17. The van der Waals surface area contributed by atoms with Gasteiger partial charge in [0.05, 0.1) is 16.8 Å². The largest absolute Gasteiger partial charge is 0.508 e. The summed E-state index contributed by atoms with van der Waals surface area (Å²) in [5.41, 5.74) is 3.09. The molecule has 1 heterocycles. The van der Waals surface area contributed by atoms with Crippen LogP contribution in [0.15, 0.2) is 78.9 Å². The predicted molar refractivity (Wildman–Crippen MR) is 106 cm³/mol. The minimum absolute atomic E-state index is 0.0382. The Morgan fingerprint density at radius 2 is 1.64 bits per heavy atom. The van der Waals surface area contributed by atoms with E-state index in [0.717, 1.165) is 16.5 Å². The number of H-pyrrole nitrogens is 1. The van der Waals surface area contributed by atoms with Gasteiger partial charge in [-0.25, -0.2) is 4.79 Å². The van der Waals surface area contributed by atoms with E-state index in [2.05, 4.69) is 4.98 Å². The topological polar surface area (TPSA) is 79.4 Å². The van der Waals surface area contributed by atoms with Crippen LogP contribution in [-0.4, -0.2) is 28.4 Å². The van der Waals surface area contributed by atoms with E-state index in [1.54, 1.807) is 6.07 Å². The molecular weight excluding hydrogens is 354 g/mol. The minimum Gasteiger partial charge on any atom is -0.508 e. The number of carbonyl (C=O) groups is 2. The number of carbonyl (C=O) groups excluding carboxylic acids is 2. The number of esters is 1. The third-order valence-electron chi connectivity index (χ3n) is 4.46. The maximum Gasteiger partial charge on any atom is 0.338 e. The molecule has 0 saturated heterocycles. The smallest absolute Gasteiger partial charge is 0.338 e. The van der Waals surface area contributed by atoms with Gasteiger partial charge in [0.2, 0.25) is 5.78 Å². The number of ketones is 1. The van der Waals surface area contributed by atoms with Crippen LogP contribution in [0.3, 0.4) is 0 Å². The maximum absolute atomic E-state index is 13.0. The van der Waals surface area contributed by atoms with Crippen molar-refractivity contribution in [3.8, 4) is 17.0 Å².